The van der Waals surface area contributed by atoms with Gasteiger partial charge in [0.05, 0.1) is 58.2 Å². The number of nitriles is 1. The number of likely N-dealkylation sites (N-methyl/N-ethyl adjacent to an activating group) is 2. The first-order valence-corrected chi connectivity index (χ1v) is 28.5. The Hall–Kier alpha value is -2.59. The monoisotopic (exact) mass is 1200 g/mol. The molecule has 0 radical (unpaired) electrons. The van der Waals surface area contributed by atoms with E-state index in [1.165, 1.54) is 50.1 Å². The number of esters is 1. The number of aromatic nitrogens is 3. The minimum absolute atomic E-state index is 0.0422. The van der Waals surface area contributed by atoms with Crippen LogP contribution in [0.5, 0.6) is 0 Å². The van der Waals surface area contributed by atoms with Crippen molar-refractivity contribution in [3.8, 4) is 6.07 Å². The largest absolute Gasteiger partial charge is 0.448 e. The minimum atomic E-state index is -3.81. The van der Waals surface area contributed by atoms with Crippen LogP contribution in [0.2, 0.25) is 0 Å². The molecule has 3 aliphatic heterocycles. The highest BCUT2D eigenvalue weighted by Gasteiger charge is 2.53. The topological polar surface area (TPSA) is 278 Å². The number of halogens is 2. The van der Waals surface area contributed by atoms with Crippen molar-refractivity contribution in [2.45, 2.75) is 193 Å². The molecule has 0 amide bonds. The van der Waals surface area contributed by atoms with Crippen LogP contribution in [0.15, 0.2) is 35.4 Å². The first-order valence-electron chi connectivity index (χ1n) is 25.6. The molecule has 4 heterocycles. The summed E-state index contributed by atoms with van der Waals surface area (Å²) in [6, 6.07) is 5.26. The van der Waals surface area contributed by atoms with Crippen LogP contribution in [0, 0.1) is 29.1 Å². The van der Waals surface area contributed by atoms with Crippen molar-refractivity contribution in [3.05, 3.63) is 41.7 Å². The summed E-state index contributed by atoms with van der Waals surface area (Å²) in [4.78, 5) is 18.1. The lowest BCUT2D eigenvalue weighted by Gasteiger charge is -2.49. The highest BCUT2D eigenvalue weighted by atomic mass is 127. The maximum atomic E-state index is 14.8. The number of nitrogens with zero attached hydrogens (tertiary/aromatic N) is 6. The van der Waals surface area contributed by atoms with Gasteiger partial charge in [-0.25, -0.2) is 17.5 Å². The van der Waals surface area contributed by atoms with E-state index in [1.807, 2.05) is 30.7 Å². The van der Waals surface area contributed by atoms with Gasteiger partial charge in [0.25, 0.3) is 0 Å². The van der Waals surface area contributed by atoms with Crippen molar-refractivity contribution >= 4 is 38.4 Å². The van der Waals surface area contributed by atoms with Gasteiger partial charge in [0.1, 0.15) is 48.5 Å². The zero-order valence-electron chi connectivity index (χ0n) is 45.5. The van der Waals surface area contributed by atoms with Crippen LogP contribution in [0.3, 0.4) is 0 Å². The van der Waals surface area contributed by atoms with Crippen LogP contribution in [0.4, 0.5) is 4.39 Å². The van der Waals surface area contributed by atoms with Crippen LogP contribution >= 0.6 is 22.6 Å². The Bertz CT molecular complexity index is 2310. The van der Waals surface area contributed by atoms with Crippen LogP contribution in [-0.4, -0.2) is 207 Å². The molecule has 3 fully saturated rings. The summed E-state index contributed by atoms with van der Waals surface area (Å²) in [5, 5.41) is 76.8. The maximum Gasteiger partial charge on any atom is 0.312 e. The average molecular weight is 1200 g/mol. The highest BCUT2D eigenvalue weighted by molar-refractivity contribution is 14.1. The number of cyclic esters (lactones) is 1. The van der Waals surface area contributed by atoms with Gasteiger partial charge in [0.2, 0.25) is 0 Å². The molecule has 5 N–H and O–H groups in total. The third kappa shape index (κ3) is 14.8. The molecule has 24 heteroatoms. The normalized spacial score (nSPS) is 39.0. The number of carbonyl (C=O) groups excluding carboxylic acids is 1. The number of alkyl halides is 2. The summed E-state index contributed by atoms with van der Waals surface area (Å²) >= 11 is 1.80. The molecule has 5 rings (SSSR count). The first kappa shape index (κ1) is 63.2. The third-order valence-corrected chi connectivity index (χ3v) is 18.7. The summed E-state index contributed by atoms with van der Waals surface area (Å²) in [5.74, 6) is -3.69. The molecule has 426 valence electrons. The third-order valence-electron chi connectivity index (χ3n) is 15.7. The van der Waals surface area contributed by atoms with Crippen molar-refractivity contribution in [3.63, 3.8) is 0 Å². The summed E-state index contributed by atoms with van der Waals surface area (Å²) in [6.45, 7) is 15.2. The summed E-state index contributed by atoms with van der Waals surface area (Å²) in [5.41, 5.74) is -3.67. The van der Waals surface area contributed by atoms with Gasteiger partial charge in [-0.15, -0.1) is 5.10 Å². The summed E-state index contributed by atoms with van der Waals surface area (Å²) in [7, 11) is 2.71. The van der Waals surface area contributed by atoms with Crippen molar-refractivity contribution in [2.24, 2.45) is 17.8 Å². The Morgan fingerprint density at radius 1 is 1.01 bits per heavy atom. The van der Waals surface area contributed by atoms with Gasteiger partial charge < -0.3 is 68.5 Å². The van der Waals surface area contributed by atoms with E-state index in [1.54, 1.807) is 83.4 Å². The fourth-order valence-electron chi connectivity index (χ4n) is 11.0. The molecule has 0 spiro atoms. The highest BCUT2D eigenvalue weighted by Crippen LogP contribution is 2.41. The zero-order chi connectivity index (χ0) is 56.1. The van der Waals surface area contributed by atoms with E-state index < -0.39 is 141 Å². The molecule has 21 nitrogen and oxygen atoms in total. The number of rotatable bonds is 16. The lowest BCUT2D eigenvalue weighted by Crippen LogP contribution is -2.60. The number of carbonyl (C=O) groups is 1. The van der Waals surface area contributed by atoms with Crippen LogP contribution in [-0.2, 0) is 54.2 Å². The van der Waals surface area contributed by atoms with Gasteiger partial charge in [0, 0.05) is 64.3 Å². The number of benzene rings is 1. The molecule has 1 aromatic carbocycles. The second kappa shape index (κ2) is 26.1. The van der Waals surface area contributed by atoms with E-state index >= 15 is 0 Å². The Morgan fingerprint density at radius 2 is 1.67 bits per heavy atom. The Morgan fingerprint density at radius 3 is 2.27 bits per heavy atom. The molecule has 75 heavy (non-hydrogen) atoms. The van der Waals surface area contributed by atoms with Crippen molar-refractivity contribution in [1.29, 1.82) is 5.26 Å². The Balaban J connectivity index is 1.42. The number of aliphatic hydroxyl groups is 5. The molecule has 20 atom stereocenters. The molecule has 0 aliphatic carbocycles. The Labute approximate surface area is 455 Å². The maximum absolute atomic E-state index is 14.8. The molecular formula is C51H82FIN6O15S. The minimum Gasteiger partial charge on any atom is -0.448 e. The van der Waals surface area contributed by atoms with Crippen LogP contribution in [0.25, 0.3) is 0 Å². The van der Waals surface area contributed by atoms with Crippen molar-refractivity contribution in [2.75, 3.05) is 53.8 Å². The number of ether oxygens (including phenoxy) is 7. The molecule has 0 bridgehead atoms. The van der Waals surface area contributed by atoms with Crippen LogP contribution in [0.1, 0.15) is 105 Å². The first-order chi connectivity index (χ1) is 35.0. The fraction of sp³-hybridized carbons (Fsp3) is 0.804. The smallest absolute Gasteiger partial charge is 0.312 e. The van der Waals surface area contributed by atoms with Gasteiger partial charge >= 0.3 is 5.97 Å². The quantitative estimate of drug-likeness (QED) is 0.0916. The molecule has 1 aromatic heterocycles. The molecule has 3 aliphatic rings. The standard InChI is InChI=1S/C51H82FIN6O15S/c1-28-23-49(7,64)45(30(3)41(72-39-24-50(8,69-13)44(62)33(6)71-39)31(4)46(63)74-48(53)51(9,65)43(61)32(5)58(11)26-28)73-47-40(60)37(22-29(2)70-47)57(10)20-18-35-27-59(56-55-35)38(25-52)42(68-12)34-14-16-36(17-15-34)75(66,67)21-19-54/h14-17,27-33,37-45,47-48,60-62,64-65H,18,20-26H2,1-13H3/t28-,29-,30+,31-,32-,33+,37+,38-,39+,40-,41+,42-,43-,44+,45-,47+,48+,49-,50-,51+/m1/s1. The van der Waals surface area contributed by atoms with E-state index in [4.69, 9.17) is 38.4 Å². The fourth-order valence-corrected chi connectivity index (χ4v) is 12.5. The van der Waals surface area contributed by atoms with E-state index in [9.17, 15) is 43.1 Å². The van der Waals surface area contributed by atoms with Crippen molar-refractivity contribution in [1.82, 2.24) is 24.8 Å². The lowest BCUT2D eigenvalue weighted by molar-refractivity contribution is -0.318. The number of methoxy groups -OCH3 is 2. The van der Waals surface area contributed by atoms with Crippen molar-refractivity contribution < 1.29 is 76.3 Å². The van der Waals surface area contributed by atoms with Gasteiger partial charge in [-0.3, -0.25) is 4.79 Å². The molecule has 2 aromatic rings. The van der Waals surface area contributed by atoms with Gasteiger partial charge in [-0.05, 0) is 122 Å². The predicted molar refractivity (Wildman–Crippen MR) is 279 cm³/mol. The van der Waals surface area contributed by atoms with E-state index in [-0.39, 0.29) is 23.7 Å². The molecular weight excluding hydrogens is 1110 g/mol. The average Bonchev–Trinajstić information content (AvgIpc) is 3.82. The summed E-state index contributed by atoms with van der Waals surface area (Å²) < 4.78 is 83.4. The van der Waals surface area contributed by atoms with Crippen LogP contribution < -0.4 is 0 Å². The molecule has 0 unspecified atom stereocenters. The van der Waals surface area contributed by atoms with Gasteiger partial charge in [-0.2, -0.15) is 5.26 Å². The number of hydrogen-bond acceptors (Lipinski definition) is 20. The number of aliphatic hydroxyl groups excluding tert-OH is 3. The Kier molecular flexibility index (Phi) is 22.0. The lowest BCUT2D eigenvalue weighted by atomic mass is 9.77. The van der Waals surface area contributed by atoms with Gasteiger partial charge in [-0.1, -0.05) is 31.2 Å². The second-order valence-electron chi connectivity index (χ2n) is 21.9. The SMILES string of the molecule is CO[C@H](c1ccc(S(=O)(=O)CC#N)cc1)[C@@H](CF)n1cc(CCN(C)[C@H]2C[C@@H](C)O[C@@H](O[C@@H]3[C@@H](C)[C@H](O[C@H]4C[C@@](C)(OC)[C@@H](O)[C@H](C)O4)[C@@H](C)C(=O)O[C@H](I)[C@@](C)(O)[C@H](O)[C@@H](C)N(C)C[C@H](C)C[C@@]3(C)O)[C@@H]2O)nn1. The second-order valence-corrected chi connectivity index (χ2v) is 25.0. The zero-order valence-corrected chi connectivity index (χ0v) is 48.5. The number of sulfone groups is 1. The molecule has 3 saturated heterocycles. The number of hydrogen-bond donors (Lipinski definition) is 5. The molecule has 0 saturated carbocycles. The van der Waals surface area contributed by atoms with E-state index in [0.717, 1.165) is 0 Å². The van der Waals surface area contributed by atoms with E-state index in [2.05, 4.69) is 10.3 Å². The summed E-state index contributed by atoms with van der Waals surface area (Å²) in [6.07, 6.45) is -7.85. The predicted octanol–water partition coefficient (Wildman–Crippen LogP) is 3.28. The van der Waals surface area contributed by atoms with Gasteiger partial charge in [0.15, 0.2) is 26.5 Å². The van der Waals surface area contributed by atoms with E-state index in [0.29, 0.717) is 37.2 Å².